The van der Waals surface area contributed by atoms with E-state index in [0.29, 0.717) is 17.1 Å². The number of rotatable bonds is 2. The maximum Gasteiger partial charge on any atom is 0.336 e. The Bertz CT molecular complexity index is 493. The highest BCUT2D eigenvalue weighted by Crippen LogP contribution is 2.26. The summed E-state index contributed by atoms with van der Waals surface area (Å²) in [4.78, 5) is 14.8. The zero-order valence-electron chi connectivity index (χ0n) is 7.64. The Morgan fingerprint density at radius 2 is 2.27 bits per heavy atom. The van der Waals surface area contributed by atoms with Crippen LogP contribution in [-0.2, 0) is 0 Å². The highest BCUT2D eigenvalue weighted by Gasteiger charge is 2.15. The van der Waals surface area contributed by atoms with Gasteiger partial charge in [-0.2, -0.15) is 5.10 Å². The smallest absolute Gasteiger partial charge is 0.336 e. The molecule has 0 aliphatic rings. The molecule has 76 valence electrons. The number of nitrogens with two attached hydrogens (primary N) is 1. The summed E-state index contributed by atoms with van der Waals surface area (Å²) in [5.41, 5.74) is 6.52. The van der Waals surface area contributed by atoms with Crippen molar-refractivity contribution in [2.75, 3.05) is 5.73 Å². The first-order valence-corrected chi connectivity index (χ1v) is 4.17. The molecular weight excluding hydrogens is 196 g/mol. The molecule has 0 saturated carbocycles. The van der Waals surface area contributed by atoms with E-state index in [1.165, 1.54) is 12.4 Å². The fraction of sp³-hybridized carbons (Fsp3) is 0. The molecular formula is C9H8N4O2. The Labute approximate surface area is 84.8 Å². The molecule has 6 heteroatoms. The van der Waals surface area contributed by atoms with Gasteiger partial charge in [-0.15, -0.1) is 0 Å². The average Bonchev–Trinajstić information content (AvgIpc) is 2.70. The summed E-state index contributed by atoms with van der Waals surface area (Å²) in [5, 5.41) is 15.2. The summed E-state index contributed by atoms with van der Waals surface area (Å²) in [6, 6.07) is 4.67. The van der Waals surface area contributed by atoms with Crippen LogP contribution in [0.5, 0.6) is 0 Å². The molecule has 0 atom stereocenters. The Morgan fingerprint density at radius 1 is 1.47 bits per heavy atom. The van der Waals surface area contributed by atoms with Gasteiger partial charge in [-0.05, 0) is 12.1 Å². The van der Waals surface area contributed by atoms with E-state index >= 15 is 0 Å². The van der Waals surface area contributed by atoms with Gasteiger partial charge < -0.3 is 10.8 Å². The van der Waals surface area contributed by atoms with E-state index in [2.05, 4.69) is 15.2 Å². The van der Waals surface area contributed by atoms with Crippen molar-refractivity contribution in [3.63, 3.8) is 0 Å². The second kappa shape index (κ2) is 3.41. The van der Waals surface area contributed by atoms with Gasteiger partial charge in [-0.3, -0.25) is 5.10 Å². The molecule has 0 aliphatic carbocycles. The summed E-state index contributed by atoms with van der Waals surface area (Å²) in [6.45, 7) is 0. The van der Waals surface area contributed by atoms with Gasteiger partial charge in [0, 0.05) is 5.69 Å². The molecule has 2 rings (SSSR count). The molecule has 0 saturated heterocycles. The van der Waals surface area contributed by atoms with Crippen LogP contribution in [0.1, 0.15) is 10.4 Å². The molecule has 1 heterocycles. The number of nitrogen functional groups attached to an aromatic ring is 1. The minimum absolute atomic E-state index is 0.103. The zero-order chi connectivity index (χ0) is 10.8. The molecule has 4 N–H and O–H groups in total. The van der Waals surface area contributed by atoms with E-state index in [-0.39, 0.29) is 5.56 Å². The second-order valence-electron chi connectivity index (χ2n) is 2.91. The molecule has 1 aromatic carbocycles. The summed E-state index contributed by atoms with van der Waals surface area (Å²) in [5.74, 6) is -0.695. The Balaban J connectivity index is 2.68. The van der Waals surface area contributed by atoms with E-state index < -0.39 is 5.97 Å². The highest BCUT2D eigenvalue weighted by atomic mass is 16.4. The van der Waals surface area contributed by atoms with Crippen molar-refractivity contribution in [1.29, 1.82) is 0 Å². The third kappa shape index (κ3) is 1.52. The third-order valence-electron chi connectivity index (χ3n) is 1.98. The number of carboxylic acids is 1. The van der Waals surface area contributed by atoms with Gasteiger partial charge in [0.1, 0.15) is 6.33 Å². The third-order valence-corrected chi connectivity index (χ3v) is 1.98. The number of aromatic nitrogens is 3. The van der Waals surface area contributed by atoms with Crippen LogP contribution in [0, 0.1) is 0 Å². The quantitative estimate of drug-likeness (QED) is 0.626. The van der Waals surface area contributed by atoms with Gasteiger partial charge in [0.15, 0.2) is 5.82 Å². The fourth-order valence-corrected chi connectivity index (χ4v) is 1.34. The minimum atomic E-state index is -1.05. The van der Waals surface area contributed by atoms with E-state index in [9.17, 15) is 4.79 Å². The number of aromatic carboxylic acids is 1. The van der Waals surface area contributed by atoms with E-state index in [1.807, 2.05) is 0 Å². The predicted octanol–water partition coefficient (Wildman–Crippen LogP) is 0.752. The number of carbonyl (C=O) groups is 1. The predicted molar refractivity (Wildman–Crippen MR) is 53.2 cm³/mol. The number of carboxylic acid groups (broad SMARTS) is 1. The molecule has 2 aromatic rings. The van der Waals surface area contributed by atoms with Crippen molar-refractivity contribution >= 4 is 11.7 Å². The van der Waals surface area contributed by atoms with Gasteiger partial charge >= 0.3 is 5.97 Å². The normalized spacial score (nSPS) is 10.1. The van der Waals surface area contributed by atoms with Crippen LogP contribution in [0.15, 0.2) is 24.5 Å². The molecule has 0 spiro atoms. The average molecular weight is 204 g/mol. The van der Waals surface area contributed by atoms with Crippen LogP contribution in [0.25, 0.3) is 11.4 Å². The Morgan fingerprint density at radius 3 is 2.87 bits per heavy atom. The SMILES string of the molecule is Nc1cccc(C(=O)O)c1-c1ncn[nH]1. The van der Waals surface area contributed by atoms with Crippen molar-refractivity contribution in [2.45, 2.75) is 0 Å². The summed E-state index contributed by atoms with van der Waals surface area (Å²) in [6.07, 6.45) is 1.30. The molecule has 0 amide bonds. The molecule has 15 heavy (non-hydrogen) atoms. The molecule has 6 nitrogen and oxygen atoms in total. The lowest BCUT2D eigenvalue weighted by atomic mass is 10.1. The fourth-order valence-electron chi connectivity index (χ4n) is 1.34. The van der Waals surface area contributed by atoms with E-state index in [0.717, 1.165) is 0 Å². The topological polar surface area (TPSA) is 105 Å². The van der Waals surface area contributed by atoms with Crippen molar-refractivity contribution in [3.8, 4) is 11.4 Å². The highest BCUT2D eigenvalue weighted by molar-refractivity contribution is 5.98. The van der Waals surface area contributed by atoms with Crippen molar-refractivity contribution < 1.29 is 9.90 Å². The Hall–Kier alpha value is -2.37. The molecule has 0 aliphatic heterocycles. The minimum Gasteiger partial charge on any atom is -0.478 e. The molecule has 0 fully saturated rings. The number of hydrogen-bond acceptors (Lipinski definition) is 4. The van der Waals surface area contributed by atoms with Gasteiger partial charge in [-0.1, -0.05) is 6.07 Å². The number of H-pyrrole nitrogens is 1. The maximum atomic E-state index is 11.0. The lowest BCUT2D eigenvalue weighted by molar-refractivity contribution is 0.0697. The number of benzene rings is 1. The lowest BCUT2D eigenvalue weighted by Gasteiger charge is -2.05. The van der Waals surface area contributed by atoms with Crippen LogP contribution >= 0.6 is 0 Å². The number of nitrogens with one attached hydrogen (secondary N) is 1. The number of anilines is 1. The summed E-state index contributed by atoms with van der Waals surface area (Å²) < 4.78 is 0. The number of hydrogen-bond donors (Lipinski definition) is 3. The van der Waals surface area contributed by atoms with E-state index in [4.69, 9.17) is 10.8 Å². The lowest BCUT2D eigenvalue weighted by Crippen LogP contribution is -2.03. The van der Waals surface area contributed by atoms with Crippen LogP contribution in [0.2, 0.25) is 0 Å². The summed E-state index contributed by atoms with van der Waals surface area (Å²) >= 11 is 0. The van der Waals surface area contributed by atoms with Crippen LogP contribution in [0.3, 0.4) is 0 Å². The first-order valence-electron chi connectivity index (χ1n) is 4.17. The van der Waals surface area contributed by atoms with Crippen LogP contribution in [0.4, 0.5) is 5.69 Å². The number of aromatic amines is 1. The number of nitrogens with zero attached hydrogens (tertiary/aromatic N) is 2. The van der Waals surface area contributed by atoms with Crippen molar-refractivity contribution in [3.05, 3.63) is 30.1 Å². The molecule has 0 bridgehead atoms. The second-order valence-corrected chi connectivity index (χ2v) is 2.91. The largest absolute Gasteiger partial charge is 0.478 e. The van der Waals surface area contributed by atoms with Crippen LogP contribution in [-0.4, -0.2) is 26.3 Å². The van der Waals surface area contributed by atoms with E-state index in [1.54, 1.807) is 12.1 Å². The maximum absolute atomic E-state index is 11.0. The standard InChI is InChI=1S/C9H8N4O2/c10-6-3-1-2-5(9(14)15)7(6)8-11-4-12-13-8/h1-4H,10H2,(H,14,15)(H,11,12,13). The first kappa shape index (κ1) is 9.20. The zero-order valence-corrected chi connectivity index (χ0v) is 7.64. The molecule has 0 unspecified atom stereocenters. The van der Waals surface area contributed by atoms with Crippen molar-refractivity contribution in [2.24, 2.45) is 0 Å². The van der Waals surface area contributed by atoms with Crippen molar-refractivity contribution in [1.82, 2.24) is 15.2 Å². The first-order chi connectivity index (χ1) is 7.20. The molecule has 0 radical (unpaired) electrons. The summed E-state index contributed by atoms with van der Waals surface area (Å²) in [7, 11) is 0. The van der Waals surface area contributed by atoms with Gasteiger partial charge in [0.25, 0.3) is 0 Å². The molecule has 1 aromatic heterocycles. The van der Waals surface area contributed by atoms with Gasteiger partial charge in [-0.25, -0.2) is 9.78 Å². The van der Waals surface area contributed by atoms with Gasteiger partial charge in [0.2, 0.25) is 0 Å². The Kier molecular flexibility index (Phi) is 2.09. The monoisotopic (exact) mass is 204 g/mol. The van der Waals surface area contributed by atoms with Gasteiger partial charge in [0.05, 0.1) is 11.1 Å². The van der Waals surface area contributed by atoms with Crippen LogP contribution < -0.4 is 5.73 Å².